The topological polar surface area (TPSA) is 104 Å². The molecule has 0 unspecified atom stereocenters. The van der Waals surface area contributed by atoms with Crippen LogP contribution in [0.1, 0.15) is 33.3 Å². The molecular formula is C21H17N3O5. The second-order valence-electron chi connectivity index (χ2n) is 5.94. The second kappa shape index (κ2) is 8.75. The molecule has 0 saturated carbocycles. The third kappa shape index (κ3) is 4.62. The number of carbonyl (C=O) groups is 2. The van der Waals surface area contributed by atoms with Gasteiger partial charge in [-0.15, -0.1) is 0 Å². The summed E-state index contributed by atoms with van der Waals surface area (Å²) in [6.07, 6.45) is 4.39. The lowest BCUT2D eigenvalue weighted by atomic mass is 10.1. The molecule has 8 heteroatoms. The molecule has 29 heavy (non-hydrogen) atoms. The van der Waals surface area contributed by atoms with Crippen molar-refractivity contribution in [2.45, 2.75) is 6.92 Å². The van der Waals surface area contributed by atoms with E-state index in [0.29, 0.717) is 11.1 Å². The van der Waals surface area contributed by atoms with Crippen LogP contribution in [0.4, 0.5) is 5.69 Å². The van der Waals surface area contributed by atoms with Crippen molar-refractivity contribution >= 4 is 23.5 Å². The van der Waals surface area contributed by atoms with Gasteiger partial charge in [0.25, 0.3) is 5.69 Å². The maximum Gasteiger partial charge on any atom is 0.359 e. The molecule has 0 radical (unpaired) electrons. The number of nitrogens with zero attached hydrogens (tertiary/aromatic N) is 3. The minimum absolute atomic E-state index is 0.0865. The molecule has 146 valence electrons. The average molecular weight is 391 g/mol. The van der Waals surface area contributed by atoms with E-state index in [2.05, 4.69) is 5.10 Å². The lowest BCUT2D eigenvalue weighted by molar-refractivity contribution is -0.384. The highest BCUT2D eigenvalue weighted by Gasteiger charge is 2.17. The first-order chi connectivity index (χ1) is 14.0. The lowest BCUT2D eigenvalue weighted by Gasteiger charge is -2.00. The summed E-state index contributed by atoms with van der Waals surface area (Å²) in [5.74, 6) is -0.952. The number of hydrogen-bond donors (Lipinski definition) is 0. The van der Waals surface area contributed by atoms with Crippen molar-refractivity contribution in [1.29, 1.82) is 0 Å². The molecule has 0 amide bonds. The molecule has 0 aliphatic heterocycles. The number of benzene rings is 2. The molecule has 0 atom stereocenters. The highest BCUT2D eigenvalue weighted by Crippen LogP contribution is 2.17. The van der Waals surface area contributed by atoms with Crippen LogP contribution in [0.15, 0.2) is 66.9 Å². The molecular weight excluding hydrogens is 374 g/mol. The number of esters is 1. The molecule has 0 aliphatic carbocycles. The predicted octanol–water partition coefficient (Wildman–Crippen LogP) is 3.85. The summed E-state index contributed by atoms with van der Waals surface area (Å²) < 4.78 is 6.58. The zero-order chi connectivity index (χ0) is 20.8. The first kappa shape index (κ1) is 19.7. The van der Waals surface area contributed by atoms with Crippen LogP contribution < -0.4 is 0 Å². The van der Waals surface area contributed by atoms with Crippen LogP contribution in [0.2, 0.25) is 0 Å². The fraction of sp³-hybridized carbons (Fsp3) is 0.0952. The summed E-state index contributed by atoms with van der Waals surface area (Å²) >= 11 is 0. The van der Waals surface area contributed by atoms with Gasteiger partial charge in [0.15, 0.2) is 11.5 Å². The van der Waals surface area contributed by atoms with E-state index >= 15 is 0 Å². The summed E-state index contributed by atoms with van der Waals surface area (Å²) in [5, 5.41) is 15.0. The van der Waals surface area contributed by atoms with E-state index in [1.54, 1.807) is 13.1 Å². The minimum Gasteiger partial charge on any atom is -0.461 e. The number of para-hydroxylation sites is 1. The summed E-state index contributed by atoms with van der Waals surface area (Å²) in [6, 6.07) is 14.5. The van der Waals surface area contributed by atoms with Gasteiger partial charge in [0, 0.05) is 29.5 Å². The fourth-order valence-corrected chi connectivity index (χ4v) is 2.59. The molecule has 1 aromatic heterocycles. The Kier molecular flexibility index (Phi) is 5.94. The van der Waals surface area contributed by atoms with E-state index in [1.807, 2.05) is 30.3 Å². The average Bonchev–Trinajstić information content (AvgIpc) is 3.17. The third-order valence-electron chi connectivity index (χ3n) is 4.01. The zero-order valence-electron chi connectivity index (χ0n) is 15.5. The molecule has 0 aliphatic rings. The quantitative estimate of drug-likeness (QED) is 0.199. The Morgan fingerprint density at radius 3 is 2.45 bits per heavy atom. The van der Waals surface area contributed by atoms with Crippen LogP contribution >= 0.6 is 0 Å². The van der Waals surface area contributed by atoms with Gasteiger partial charge in [-0.05, 0) is 43.3 Å². The van der Waals surface area contributed by atoms with E-state index in [9.17, 15) is 19.7 Å². The predicted molar refractivity (Wildman–Crippen MR) is 106 cm³/mol. The van der Waals surface area contributed by atoms with Crippen molar-refractivity contribution < 1.29 is 19.2 Å². The van der Waals surface area contributed by atoms with Crippen molar-refractivity contribution in [3.63, 3.8) is 0 Å². The van der Waals surface area contributed by atoms with Crippen molar-refractivity contribution in [2.75, 3.05) is 6.61 Å². The number of rotatable bonds is 7. The maximum atomic E-state index is 12.4. The highest BCUT2D eigenvalue weighted by atomic mass is 16.6. The molecule has 2 aromatic carbocycles. The van der Waals surface area contributed by atoms with E-state index in [4.69, 9.17) is 4.74 Å². The summed E-state index contributed by atoms with van der Waals surface area (Å²) in [4.78, 5) is 34.8. The van der Waals surface area contributed by atoms with Crippen LogP contribution in [-0.4, -0.2) is 33.1 Å². The van der Waals surface area contributed by atoms with E-state index in [-0.39, 0.29) is 23.8 Å². The smallest absolute Gasteiger partial charge is 0.359 e. The van der Waals surface area contributed by atoms with Gasteiger partial charge in [0.2, 0.25) is 0 Å². The zero-order valence-corrected chi connectivity index (χ0v) is 15.5. The van der Waals surface area contributed by atoms with Crippen LogP contribution in [0.5, 0.6) is 0 Å². The Hall–Kier alpha value is -4.07. The number of allylic oxidation sites excluding steroid dienone is 1. The van der Waals surface area contributed by atoms with Gasteiger partial charge >= 0.3 is 5.97 Å². The first-order valence-electron chi connectivity index (χ1n) is 8.78. The Morgan fingerprint density at radius 2 is 1.83 bits per heavy atom. The van der Waals surface area contributed by atoms with Gasteiger partial charge in [0.05, 0.1) is 17.2 Å². The van der Waals surface area contributed by atoms with Crippen LogP contribution in [0, 0.1) is 10.1 Å². The highest BCUT2D eigenvalue weighted by molar-refractivity contribution is 6.07. The Labute approximate surface area is 166 Å². The SMILES string of the molecule is CCOC(=O)c1nn(-c2ccccc2)cc1/C=C/C(=O)c1ccc([N+](=O)[O-])cc1. The largest absolute Gasteiger partial charge is 0.461 e. The fourth-order valence-electron chi connectivity index (χ4n) is 2.59. The normalized spacial score (nSPS) is 10.8. The molecule has 0 bridgehead atoms. The van der Waals surface area contributed by atoms with E-state index < -0.39 is 10.9 Å². The molecule has 3 rings (SSSR count). The van der Waals surface area contributed by atoms with Crippen molar-refractivity contribution in [1.82, 2.24) is 9.78 Å². The lowest BCUT2D eigenvalue weighted by Crippen LogP contribution is -2.08. The number of aromatic nitrogens is 2. The van der Waals surface area contributed by atoms with Gasteiger partial charge in [-0.3, -0.25) is 14.9 Å². The van der Waals surface area contributed by atoms with Crippen LogP contribution in [0.25, 0.3) is 11.8 Å². The van der Waals surface area contributed by atoms with Crippen LogP contribution in [-0.2, 0) is 4.74 Å². The Balaban J connectivity index is 1.90. The van der Waals surface area contributed by atoms with Crippen molar-refractivity contribution in [3.8, 4) is 5.69 Å². The van der Waals surface area contributed by atoms with Crippen LogP contribution in [0.3, 0.4) is 0 Å². The molecule has 0 spiro atoms. The molecule has 0 N–H and O–H groups in total. The van der Waals surface area contributed by atoms with E-state index in [1.165, 1.54) is 41.1 Å². The number of ketones is 1. The second-order valence-corrected chi connectivity index (χ2v) is 5.94. The molecule has 0 saturated heterocycles. The summed E-state index contributed by atoms with van der Waals surface area (Å²) in [6.45, 7) is 1.89. The number of nitro benzene ring substituents is 1. The van der Waals surface area contributed by atoms with Crippen molar-refractivity contribution in [3.05, 3.63) is 93.8 Å². The minimum atomic E-state index is -0.593. The first-order valence-corrected chi connectivity index (χ1v) is 8.78. The summed E-state index contributed by atoms with van der Waals surface area (Å²) in [5.41, 5.74) is 1.45. The molecule has 0 fully saturated rings. The Bertz CT molecular complexity index is 1070. The molecule has 3 aromatic rings. The number of carbonyl (C=O) groups excluding carboxylic acids is 2. The van der Waals surface area contributed by atoms with Gasteiger partial charge in [0.1, 0.15) is 0 Å². The standard InChI is InChI=1S/C21H17N3O5/c1-2-29-21(26)20-16(14-23(22-20)17-6-4-3-5-7-17)10-13-19(25)15-8-11-18(12-9-15)24(27)28/h3-14H,2H2,1H3/b13-10+. The maximum absolute atomic E-state index is 12.4. The number of non-ortho nitro benzene ring substituents is 1. The van der Waals surface area contributed by atoms with Gasteiger partial charge < -0.3 is 4.74 Å². The molecule has 1 heterocycles. The number of nitro groups is 1. The van der Waals surface area contributed by atoms with E-state index in [0.717, 1.165) is 5.69 Å². The van der Waals surface area contributed by atoms with Gasteiger partial charge in [-0.2, -0.15) is 5.10 Å². The Morgan fingerprint density at radius 1 is 1.14 bits per heavy atom. The number of ether oxygens (including phenoxy) is 1. The monoisotopic (exact) mass is 391 g/mol. The third-order valence-corrected chi connectivity index (χ3v) is 4.01. The molecule has 8 nitrogen and oxygen atoms in total. The van der Waals surface area contributed by atoms with Gasteiger partial charge in [-0.1, -0.05) is 18.2 Å². The number of hydrogen-bond acceptors (Lipinski definition) is 6. The van der Waals surface area contributed by atoms with Crippen molar-refractivity contribution in [2.24, 2.45) is 0 Å². The summed E-state index contributed by atoms with van der Waals surface area (Å²) in [7, 11) is 0. The van der Waals surface area contributed by atoms with Gasteiger partial charge in [-0.25, -0.2) is 9.48 Å².